The third-order valence-electron chi connectivity index (χ3n) is 2.84. The topological polar surface area (TPSA) is 95.6 Å². The molecule has 2 aromatic rings. The van der Waals surface area contributed by atoms with Gasteiger partial charge in [0.25, 0.3) is 5.91 Å². The average Bonchev–Trinajstić information content (AvgIpc) is 2.37. The smallest absolute Gasteiger partial charge is 0.255 e. The van der Waals surface area contributed by atoms with Crippen molar-refractivity contribution in [2.75, 3.05) is 5.32 Å². The van der Waals surface area contributed by atoms with E-state index < -0.39 is 5.91 Å². The van der Waals surface area contributed by atoms with E-state index in [4.69, 9.17) is 5.73 Å². The van der Waals surface area contributed by atoms with E-state index in [1.807, 2.05) is 13.0 Å². The molecule has 0 aliphatic carbocycles. The lowest BCUT2D eigenvalue weighted by molar-refractivity contribution is 0.102. The molecule has 5 heteroatoms. The molecule has 0 spiro atoms. The van der Waals surface area contributed by atoms with Crippen molar-refractivity contribution >= 4 is 11.6 Å². The molecule has 5 nitrogen and oxygen atoms in total. The van der Waals surface area contributed by atoms with Gasteiger partial charge in [0.1, 0.15) is 11.5 Å². The van der Waals surface area contributed by atoms with Gasteiger partial charge in [-0.15, -0.1) is 0 Å². The van der Waals surface area contributed by atoms with E-state index in [-0.39, 0.29) is 23.1 Å². The molecule has 0 heterocycles. The number of amides is 1. The van der Waals surface area contributed by atoms with Crippen LogP contribution in [0.1, 0.15) is 28.9 Å². The fraction of sp³-hybridized carbons (Fsp3) is 0.133. The van der Waals surface area contributed by atoms with Gasteiger partial charge in [-0.1, -0.05) is 12.1 Å². The van der Waals surface area contributed by atoms with Crippen LogP contribution in [0, 0.1) is 0 Å². The summed E-state index contributed by atoms with van der Waals surface area (Å²) in [6, 6.07) is 10.8. The third kappa shape index (κ3) is 3.27. The lowest BCUT2D eigenvalue weighted by atomic mass is 10.1. The van der Waals surface area contributed by atoms with Crippen LogP contribution in [-0.2, 0) is 0 Å². The van der Waals surface area contributed by atoms with Crippen molar-refractivity contribution in [3.05, 3.63) is 53.6 Å². The number of aromatic hydroxyl groups is 2. The van der Waals surface area contributed by atoms with Gasteiger partial charge >= 0.3 is 0 Å². The van der Waals surface area contributed by atoms with Gasteiger partial charge in [0.15, 0.2) is 0 Å². The number of phenolic OH excluding ortho intramolecular Hbond substituents is 2. The number of nitrogens with two attached hydrogens (primary N) is 1. The second kappa shape index (κ2) is 5.63. The van der Waals surface area contributed by atoms with E-state index >= 15 is 0 Å². The molecule has 0 aromatic heterocycles. The molecular formula is C15H16N2O3. The number of carbonyl (C=O) groups excluding carboxylic acids is 1. The van der Waals surface area contributed by atoms with Crippen LogP contribution in [0.4, 0.5) is 5.69 Å². The molecule has 1 amide bonds. The molecule has 5 N–H and O–H groups in total. The molecule has 0 aliphatic rings. The van der Waals surface area contributed by atoms with Crippen molar-refractivity contribution in [1.82, 2.24) is 0 Å². The number of carbonyl (C=O) groups is 1. The number of phenols is 2. The highest BCUT2D eigenvalue weighted by Crippen LogP contribution is 2.22. The van der Waals surface area contributed by atoms with Crippen molar-refractivity contribution in [1.29, 1.82) is 0 Å². The van der Waals surface area contributed by atoms with Crippen LogP contribution >= 0.6 is 0 Å². The standard InChI is InChI=1S/C15H16N2O3/c1-9(16)10-3-2-4-12(5-10)17-15(20)11-6-13(18)8-14(19)7-11/h2-9,18-19H,16H2,1H3,(H,17,20). The minimum Gasteiger partial charge on any atom is -0.508 e. The average molecular weight is 272 g/mol. The molecule has 104 valence electrons. The predicted octanol–water partition coefficient (Wildman–Crippen LogP) is 2.37. The van der Waals surface area contributed by atoms with Gasteiger partial charge in [-0.3, -0.25) is 4.79 Å². The van der Waals surface area contributed by atoms with Crippen molar-refractivity contribution in [2.45, 2.75) is 13.0 Å². The minimum absolute atomic E-state index is 0.128. The summed E-state index contributed by atoms with van der Waals surface area (Å²) in [5.41, 5.74) is 7.47. The summed E-state index contributed by atoms with van der Waals surface area (Å²) >= 11 is 0. The van der Waals surface area contributed by atoms with E-state index in [0.29, 0.717) is 5.69 Å². The molecule has 1 atom stereocenters. The molecule has 0 fully saturated rings. The highest BCUT2D eigenvalue weighted by Gasteiger charge is 2.09. The largest absolute Gasteiger partial charge is 0.508 e. The summed E-state index contributed by atoms with van der Waals surface area (Å²) in [4.78, 5) is 12.0. The monoisotopic (exact) mass is 272 g/mol. The Labute approximate surface area is 116 Å². The van der Waals surface area contributed by atoms with E-state index in [1.165, 1.54) is 12.1 Å². The van der Waals surface area contributed by atoms with Gasteiger partial charge in [0, 0.05) is 23.4 Å². The van der Waals surface area contributed by atoms with Crippen LogP contribution in [-0.4, -0.2) is 16.1 Å². The molecule has 2 rings (SSSR count). The Morgan fingerprint density at radius 1 is 1.15 bits per heavy atom. The highest BCUT2D eigenvalue weighted by molar-refractivity contribution is 6.04. The summed E-state index contributed by atoms with van der Waals surface area (Å²) in [7, 11) is 0. The maximum absolute atomic E-state index is 12.0. The minimum atomic E-state index is -0.418. The fourth-order valence-electron chi connectivity index (χ4n) is 1.83. The predicted molar refractivity (Wildman–Crippen MR) is 76.8 cm³/mol. The van der Waals surface area contributed by atoms with Gasteiger partial charge < -0.3 is 21.3 Å². The second-order valence-electron chi connectivity index (χ2n) is 4.61. The number of anilines is 1. The highest BCUT2D eigenvalue weighted by atomic mass is 16.3. The zero-order valence-corrected chi connectivity index (χ0v) is 11.0. The van der Waals surface area contributed by atoms with Crippen LogP contribution in [0.15, 0.2) is 42.5 Å². The zero-order valence-electron chi connectivity index (χ0n) is 11.0. The van der Waals surface area contributed by atoms with Crippen molar-refractivity contribution in [3.63, 3.8) is 0 Å². The van der Waals surface area contributed by atoms with Crippen LogP contribution < -0.4 is 11.1 Å². The maximum Gasteiger partial charge on any atom is 0.255 e. The third-order valence-corrected chi connectivity index (χ3v) is 2.84. The number of nitrogens with one attached hydrogen (secondary N) is 1. The van der Waals surface area contributed by atoms with Crippen LogP contribution in [0.2, 0.25) is 0 Å². The molecule has 0 saturated heterocycles. The summed E-state index contributed by atoms with van der Waals surface area (Å²) in [6.07, 6.45) is 0. The molecule has 1 unspecified atom stereocenters. The maximum atomic E-state index is 12.0. The molecular weight excluding hydrogens is 256 g/mol. The first-order chi connectivity index (χ1) is 9.45. The van der Waals surface area contributed by atoms with Crippen molar-refractivity contribution < 1.29 is 15.0 Å². The molecule has 0 bridgehead atoms. The first-order valence-corrected chi connectivity index (χ1v) is 6.15. The summed E-state index contributed by atoms with van der Waals surface area (Å²) in [5, 5.41) is 21.4. The lowest BCUT2D eigenvalue weighted by Crippen LogP contribution is -2.12. The Bertz CT molecular complexity index is 619. The van der Waals surface area contributed by atoms with Crippen molar-refractivity contribution in [3.8, 4) is 11.5 Å². The summed E-state index contributed by atoms with van der Waals surface area (Å²) in [5.74, 6) is -0.753. The lowest BCUT2D eigenvalue weighted by Gasteiger charge is -2.10. The number of rotatable bonds is 3. The van der Waals surface area contributed by atoms with Crippen LogP contribution in [0.5, 0.6) is 11.5 Å². The van der Waals surface area contributed by atoms with Gasteiger partial charge in [-0.25, -0.2) is 0 Å². The number of benzene rings is 2. The quantitative estimate of drug-likeness (QED) is 0.689. The summed E-state index contributed by atoms with van der Waals surface area (Å²) in [6.45, 7) is 1.86. The Morgan fingerprint density at radius 3 is 2.40 bits per heavy atom. The Morgan fingerprint density at radius 2 is 1.80 bits per heavy atom. The van der Waals surface area contributed by atoms with Crippen LogP contribution in [0.25, 0.3) is 0 Å². The number of hydrogen-bond donors (Lipinski definition) is 4. The van der Waals surface area contributed by atoms with Gasteiger partial charge in [0.2, 0.25) is 0 Å². The number of hydrogen-bond acceptors (Lipinski definition) is 4. The first-order valence-electron chi connectivity index (χ1n) is 6.15. The second-order valence-corrected chi connectivity index (χ2v) is 4.61. The molecule has 0 aliphatic heterocycles. The Balaban J connectivity index is 2.21. The van der Waals surface area contributed by atoms with Gasteiger partial charge in [-0.05, 0) is 36.8 Å². The van der Waals surface area contributed by atoms with Gasteiger partial charge in [-0.2, -0.15) is 0 Å². The molecule has 20 heavy (non-hydrogen) atoms. The van der Waals surface area contributed by atoms with Crippen molar-refractivity contribution in [2.24, 2.45) is 5.73 Å². The van der Waals surface area contributed by atoms with E-state index in [9.17, 15) is 15.0 Å². The van der Waals surface area contributed by atoms with E-state index in [2.05, 4.69) is 5.32 Å². The Kier molecular flexibility index (Phi) is 3.91. The van der Waals surface area contributed by atoms with E-state index in [0.717, 1.165) is 11.6 Å². The molecule has 0 saturated carbocycles. The fourth-order valence-corrected chi connectivity index (χ4v) is 1.83. The zero-order chi connectivity index (χ0) is 14.7. The van der Waals surface area contributed by atoms with Gasteiger partial charge in [0.05, 0.1) is 0 Å². The molecule has 0 radical (unpaired) electrons. The first kappa shape index (κ1) is 13.9. The SMILES string of the molecule is CC(N)c1cccc(NC(=O)c2cc(O)cc(O)c2)c1. The molecule has 2 aromatic carbocycles. The van der Waals surface area contributed by atoms with E-state index in [1.54, 1.807) is 18.2 Å². The normalized spacial score (nSPS) is 11.9. The summed E-state index contributed by atoms with van der Waals surface area (Å²) < 4.78 is 0. The Hall–Kier alpha value is -2.53. The van der Waals surface area contributed by atoms with Crippen LogP contribution in [0.3, 0.4) is 0 Å².